The van der Waals surface area contributed by atoms with Gasteiger partial charge < -0.3 is 10.1 Å². The van der Waals surface area contributed by atoms with Gasteiger partial charge in [-0.15, -0.1) is 0 Å². The van der Waals surface area contributed by atoms with Crippen LogP contribution in [0, 0.1) is 24.0 Å². The highest BCUT2D eigenvalue weighted by molar-refractivity contribution is 6.10. The predicted molar refractivity (Wildman–Crippen MR) is 113 cm³/mol. The van der Waals surface area contributed by atoms with Crippen molar-refractivity contribution < 1.29 is 24.0 Å². The molecular weight excluding hydrogens is 400 g/mol. The molecule has 8 heteroatoms. The fourth-order valence-corrected chi connectivity index (χ4v) is 2.87. The summed E-state index contributed by atoms with van der Waals surface area (Å²) in [7, 11) is 0. The van der Waals surface area contributed by atoms with Crippen LogP contribution >= 0.6 is 0 Å². The number of benzene rings is 3. The molecule has 0 heterocycles. The number of non-ortho nitro benzene ring substituents is 1. The van der Waals surface area contributed by atoms with Crippen LogP contribution in [0.4, 0.5) is 11.4 Å². The van der Waals surface area contributed by atoms with Crippen molar-refractivity contribution in [3.05, 3.63) is 105 Å². The molecule has 0 saturated carbocycles. The predicted octanol–water partition coefficient (Wildman–Crippen LogP) is 4.46. The van der Waals surface area contributed by atoms with Crippen molar-refractivity contribution in [2.45, 2.75) is 13.8 Å². The standard InChI is InChI=1S/C23H18N2O6/c1-14-5-3-7-16(11-14)21(26)24-20-10-9-18(25(29)30)13-19(20)23(28)31-22(27)17-8-4-6-15(2)12-17/h3-13H,1-2H3,(H,24,26). The molecule has 0 bridgehead atoms. The number of hydrogen-bond acceptors (Lipinski definition) is 6. The number of rotatable bonds is 5. The third-order valence-electron chi connectivity index (χ3n) is 4.40. The lowest BCUT2D eigenvalue weighted by atomic mass is 10.1. The van der Waals surface area contributed by atoms with Crippen molar-refractivity contribution >= 4 is 29.2 Å². The van der Waals surface area contributed by atoms with E-state index in [1.54, 1.807) is 43.3 Å². The normalized spacial score (nSPS) is 10.3. The number of nitro groups is 1. The molecule has 31 heavy (non-hydrogen) atoms. The number of carbonyl (C=O) groups is 3. The van der Waals surface area contributed by atoms with Gasteiger partial charge in [0.25, 0.3) is 11.6 Å². The molecule has 0 aliphatic rings. The summed E-state index contributed by atoms with van der Waals surface area (Å²) in [6, 6.07) is 16.5. The molecule has 0 radical (unpaired) electrons. The van der Waals surface area contributed by atoms with Gasteiger partial charge in [0.05, 0.1) is 21.7 Å². The van der Waals surface area contributed by atoms with Gasteiger partial charge in [0.15, 0.2) is 0 Å². The van der Waals surface area contributed by atoms with Crippen LogP contribution in [0.1, 0.15) is 42.2 Å². The SMILES string of the molecule is Cc1cccc(C(=O)Nc2ccc([N+](=O)[O-])cc2C(=O)OC(=O)c2cccc(C)c2)c1. The fourth-order valence-electron chi connectivity index (χ4n) is 2.87. The minimum absolute atomic E-state index is 0.0147. The smallest absolute Gasteiger partial charge is 0.348 e. The molecule has 0 fully saturated rings. The van der Waals surface area contributed by atoms with E-state index in [0.29, 0.717) is 5.56 Å². The molecule has 1 amide bonds. The number of nitrogens with zero attached hydrogens (tertiary/aromatic N) is 1. The van der Waals surface area contributed by atoms with Gasteiger partial charge in [0, 0.05) is 17.7 Å². The minimum atomic E-state index is -1.12. The van der Waals surface area contributed by atoms with Crippen LogP contribution in [0.15, 0.2) is 66.7 Å². The van der Waals surface area contributed by atoms with Gasteiger partial charge in [-0.25, -0.2) is 9.59 Å². The van der Waals surface area contributed by atoms with E-state index in [9.17, 15) is 24.5 Å². The Balaban J connectivity index is 1.90. The van der Waals surface area contributed by atoms with Crippen molar-refractivity contribution in [3.8, 4) is 0 Å². The summed E-state index contributed by atoms with van der Waals surface area (Å²) >= 11 is 0. The van der Waals surface area contributed by atoms with E-state index in [-0.39, 0.29) is 22.5 Å². The number of carbonyl (C=O) groups excluding carboxylic acids is 3. The zero-order chi connectivity index (χ0) is 22.5. The number of ether oxygens (including phenoxy) is 1. The number of anilines is 1. The van der Waals surface area contributed by atoms with Crippen molar-refractivity contribution in [2.24, 2.45) is 0 Å². The van der Waals surface area contributed by atoms with Gasteiger partial charge >= 0.3 is 11.9 Å². The Kier molecular flexibility index (Phi) is 6.21. The second-order valence-corrected chi connectivity index (χ2v) is 6.86. The summed E-state index contributed by atoms with van der Waals surface area (Å²) in [5.74, 6) is -2.54. The highest BCUT2D eigenvalue weighted by Gasteiger charge is 2.23. The summed E-state index contributed by atoms with van der Waals surface area (Å²) in [5.41, 5.74) is 1.44. The van der Waals surface area contributed by atoms with Crippen LogP contribution in [-0.2, 0) is 4.74 Å². The summed E-state index contributed by atoms with van der Waals surface area (Å²) in [6.45, 7) is 3.60. The quantitative estimate of drug-likeness (QED) is 0.283. The first-order valence-corrected chi connectivity index (χ1v) is 9.24. The van der Waals surface area contributed by atoms with Gasteiger partial charge in [-0.2, -0.15) is 0 Å². The Morgan fingerprint density at radius 2 is 1.45 bits per heavy atom. The van der Waals surface area contributed by atoms with Crippen molar-refractivity contribution in [2.75, 3.05) is 5.32 Å². The van der Waals surface area contributed by atoms with Crippen LogP contribution < -0.4 is 5.32 Å². The van der Waals surface area contributed by atoms with E-state index in [0.717, 1.165) is 23.3 Å². The van der Waals surface area contributed by atoms with Gasteiger partial charge in [0.2, 0.25) is 0 Å². The van der Waals surface area contributed by atoms with Crippen molar-refractivity contribution in [1.82, 2.24) is 0 Å². The third kappa shape index (κ3) is 5.18. The van der Waals surface area contributed by atoms with E-state index >= 15 is 0 Å². The molecule has 1 N–H and O–H groups in total. The van der Waals surface area contributed by atoms with Crippen LogP contribution in [0.5, 0.6) is 0 Å². The molecule has 156 valence electrons. The second kappa shape index (κ2) is 9.00. The van der Waals surface area contributed by atoms with E-state index in [1.807, 2.05) is 13.0 Å². The third-order valence-corrected chi connectivity index (χ3v) is 4.40. The number of nitrogens with one attached hydrogen (secondary N) is 1. The first-order valence-electron chi connectivity index (χ1n) is 9.24. The van der Waals surface area contributed by atoms with Crippen LogP contribution in [0.2, 0.25) is 0 Å². The Morgan fingerprint density at radius 3 is 2.06 bits per heavy atom. The molecule has 0 saturated heterocycles. The molecule has 0 aliphatic heterocycles. The van der Waals surface area contributed by atoms with E-state index in [4.69, 9.17) is 4.74 Å². The van der Waals surface area contributed by atoms with Gasteiger partial charge in [-0.05, 0) is 44.2 Å². The van der Waals surface area contributed by atoms with Gasteiger partial charge in [-0.3, -0.25) is 14.9 Å². The molecule has 0 atom stereocenters. The molecule has 0 aliphatic carbocycles. The maximum Gasteiger partial charge on any atom is 0.348 e. The molecule has 0 spiro atoms. The Hall–Kier alpha value is -4.33. The zero-order valence-electron chi connectivity index (χ0n) is 16.7. The summed E-state index contributed by atoms with van der Waals surface area (Å²) in [5, 5.41) is 13.7. The molecule has 3 rings (SSSR count). The van der Waals surface area contributed by atoms with E-state index in [1.165, 1.54) is 12.1 Å². The molecule has 0 aromatic heterocycles. The molecule has 8 nitrogen and oxygen atoms in total. The summed E-state index contributed by atoms with van der Waals surface area (Å²) in [4.78, 5) is 48.0. The molecule has 0 unspecified atom stereocenters. The maximum absolute atomic E-state index is 12.7. The maximum atomic E-state index is 12.7. The largest absolute Gasteiger partial charge is 0.386 e. The number of nitro benzene ring substituents is 1. The second-order valence-electron chi connectivity index (χ2n) is 6.86. The Bertz CT molecular complexity index is 1200. The summed E-state index contributed by atoms with van der Waals surface area (Å²) in [6.07, 6.45) is 0. The first kappa shape index (κ1) is 21.4. The minimum Gasteiger partial charge on any atom is -0.386 e. The molecular formula is C23H18N2O6. The Labute approximate surface area is 177 Å². The zero-order valence-corrected chi connectivity index (χ0v) is 16.7. The lowest BCUT2D eigenvalue weighted by molar-refractivity contribution is -0.384. The van der Waals surface area contributed by atoms with Crippen LogP contribution in [-0.4, -0.2) is 22.8 Å². The monoisotopic (exact) mass is 418 g/mol. The number of aryl methyl sites for hydroxylation is 2. The molecule has 3 aromatic carbocycles. The lowest BCUT2D eigenvalue weighted by Crippen LogP contribution is -2.18. The van der Waals surface area contributed by atoms with E-state index < -0.39 is 22.8 Å². The van der Waals surface area contributed by atoms with E-state index in [2.05, 4.69) is 5.32 Å². The van der Waals surface area contributed by atoms with Crippen LogP contribution in [0.3, 0.4) is 0 Å². The lowest BCUT2D eigenvalue weighted by Gasteiger charge is -2.11. The highest BCUT2D eigenvalue weighted by Crippen LogP contribution is 2.24. The summed E-state index contributed by atoms with van der Waals surface area (Å²) < 4.78 is 4.91. The van der Waals surface area contributed by atoms with Crippen molar-refractivity contribution in [1.29, 1.82) is 0 Å². The Morgan fingerprint density at radius 1 is 0.839 bits per heavy atom. The average Bonchev–Trinajstić information content (AvgIpc) is 2.73. The van der Waals surface area contributed by atoms with Gasteiger partial charge in [0.1, 0.15) is 0 Å². The fraction of sp³-hybridized carbons (Fsp3) is 0.0870. The first-order chi connectivity index (χ1) is 14.7. The average molecular weight is 418 g/mol. The van der Waals surface area contributed by atoms with Crippen LogP contribution in [0.25, 0.3) is 0 Å². The number of amides is 1. The molecule has 3 aromatic rings. The number of esters is 2. The highest BCUT2D eigenvalue weighted by atomic mass is 16.6. The number of hydrogen-bond donors (Lipinski definition) is 1. The van der Waals surface area contributed by atoms with Crippen molar-refractivity contribution in [3.63, 3.8) is 0 Å². The van der Waals surface area contributed by atoms with Gasteiger partial charge in [-0.1, -0.05) is 35.4 Å². The topological polar surface area (TPSA) is 116 Å².